The third kappa shape index (κ3) is 6.84. The van der Waals surface area contributed by atoms with Gasteiger partial charge in [-0.15, -0.1) is 0 Å². The number of aliphatic hydroxyl groups is 1. The van der Waals surface area contributed by atoms with Crippen molar-refractivity contribution in [2.75, 3.05) is 26.7 Å². The lowest BCUT2D eigenvalue weighted by Gasteiger charge is -2.15. The van der Waals surface area contributed by atoms with E-state index in [2.05, 4.69) is 10.6 Å². The second-order valence-corrected chi connectivity index (χ2v) is 6.52. The van der Waals surface area contributed by atoms with Crippen LogP contribution in [0.25, 0.3) is 0 Å². The Hall–Kier alpha value is -1.79. The van der Waals surface area contributed by atoms with E-state index in [-0.39, 0.29) is 6.10 Å². The van der Waals surface area contributed by atoms with E-state index in [9.17, 15) is 5.11 Å². The molecule has 0 aromatic heterocycles. The molecule has 0 bridgehead atoms. The summed E-state index contributed by atoms with van der Waals surface area (Å²) >= 11 is 6.40. The fourth-order valence-electron chi connectivity index (χ4n) is 2.47. The molecular weight excluding hydrogens is 352 g/mol. The van der Waals surface area contributed by atoms with Gasteiger partial charge < -0.3 is 25.2 Å². The van der Waals surface area contributed by atoms with Gasteiger partial charge in [0.05, 0.1) is 18.2 Å². The summed E-state index contributed by atoms with van der Waals surface area (Å²) in [5.41, 5.74) is 2.09. The first-order valence-corrected chi connectivity index (χ1v) is 9.10. The number of ether oxygens (including phenoxy) is 2. The van der Waals surface area contributed by atoms with Crippen molar-refractivity contribution < 1.29 is 14.6 Å². The maximum atomic E-state index is 9.19. The Morgan fingerprint density at radius 2 is 1.81 bits per heavy atom. The van der Waals surface area contributed by atoms with Crippen molar-refractivity contribution in [3.8, 4) is 11.5 Å². The maximum Gasteiger partial charge on any atom is 0.180 e. The summed E-state index contributed by atoms with van der Waals surface area (Å²) in [6.07, 6.45) is -0.332. The molecule has 142 valence electrons. The molecule has 0 amide bonds. The number of halogens is 1. The van der Waals surface area contributed by atoms with Crippen LogP contribution < -0.4 is 20.1 Å². The molecule has 0 aliphatic heterocycles. The zero-order valence-corrected chi connectivity index (χ0v) is 16.1. The van der Waals surface area contributed by atoms with Crippen molar-refractivity contribution in [1.29, 1.82) is 0 Å². The van der Waals surface area contributed by atoms with Gasteiger partial charge in [-0.1, -0.05) is 41.9 Å². The summed E-state index contributed by atoms with van der Waals surface area (Å²) in [6.45, 7) is 5.03. The van der Waals surface area contributed by atoms with Crippen LogP contribution in [-0.4, -0.2) is 38.0 Å². The molecular formula is C20H27ClN2O3. The molecule has 0 aliphatic carbocycles. The highest BCUT2D eigenvalue weighted by molar-refractivity contribution is 6.32. The number of nitrogens with one attached hydrogen (secondary N) is 2. The highest BCUT2D eigenvalue weighted by Crippen LogP contribution is 2.36. The molecule has 0 heterocycles. The van der Waals surface area contributed by atoms with E-state index in [0.29, 0.717) is 36.2 Å². The largest absolute Gasteiger partial charge is 0.493 e. The second kappa shape index (κ2) is 11.0. The predicted octanol–water partition coefficient (Wildman–Crippen LogP) is 2.99. The molecule has 0 unspecified atom stereocenters. The molecule has 3 N–H and O–H groups in total. The fraction of sp³-hybridized carbons (Fsp3) is 0.400. The number of methoxy groups -OCH3 is 1. The number of hydrogen-bond donors (Lipinski definition) is 3. The van der Waals surface area contributed by atoms with Crippen molar-refractivity contribution in [3.63, 3.8) is 0 Å². The quantitative estimate of drug-likeness (QED) is 0.525. The molecule has 2 aromatic carbocycles. The molecule has 0 aliphatic rings. The average Bonchev–Trinajstić information content (AvgIpc) is 2.63. The van der Waals surface area contributed by atoms with Crippen LogP contribution in [0.2, 0.25) is 5.02 Å². The van der Waals surface area contributed by atoms with Crippen molar-refractivity contribution >= 4 is 11.6 Å². The average molecular weight is 379 g/mol. The molecule has 0 radical (unpaired) electrons. The van der Waals surface area contributed by atoms with Crippen LogP contribution in [-0.2, 0) is 13.2 Å². The first-order chi connectivity index (χ1) is 12.6. The van der Waals surface area contributed by atoms with Gasteiger partial charge in [0.1, 0.15) is 6.61 Å². The molecule has 1 atom stereocenters. The number of benzene rings is 2. The first-order valence-electron chi connectivity index (χ1n) is 8.72. The minimum atomic E-state index is -0.332. The Morgan fingerprint density at radius 3 is 2.50 bits per heavy atom. The van der Waals surface area contributed by atoms with E-state index in [1.807, 2.05) is 42.5 Å². The molecule has 26 heavy (non-hydrogen) atoms. The Morgan fingerprint density at radius 1 is 1.08 bits per heavy atom. The lowest BCUT2D eigenvalue weighted by molar-refractivity contribution is 0.191. The van der Waals surface area contributed by atoms with E-state index >= 15 is 0 Å². The van der Waals surface area contributed by atoms with E-state index in [4.69, 9.17) is 21.1 Å². The minimum Gasteiger partial charge on any atom is -0.493 e. The lowest BCUT2D eigenvalue weighted by Crippen LogP contribution is -2.31. The number of hydrogen-bond acceptors (Lipinski definition) is 5. The smallest absolute Gasteiger partial charge is 0.180 e. The second-order valence-electron chi connectivity index (χ2n) is 6.11. The summed E-state index contributed by atoms with van der Waals surface area (Å²) in [5, 5.41) is 16.2. The van der Waals surface area contributed by atoms with Gasteiger partial charge in [-0.3, -0.25) is 0 Å². The van der Waals surface area contributed by atoms with Gasteiger partial charge in [-0.2, -0.15) is 0 Å². The zero-order chi connectivity index (χ0) is 18.8. The predicted molar refractivity (Wildman–Crippen MR) is 105 cm³/mol. The summed E-state index contributed by atoms with van der Waals surface area (Å²) in [7, 11) is 1.61. The molecule has 6 heteroatoms. The zero-order valence-electron chi connectivity index (χ0n) is 15.3. The van der Waals surface area contributed by atoms with Crippen LogP contribution in [0.4, 0.5) is 0 Å². The molecule has 0 spiro atoms. The van der Waals surface area contributed by atoms with Gasteiger partial charge in [0.25, 0.3) is 0 Å². The van der Waals surface area contributed by atoms with Gasteiger partial charge in [0.15, 0.2) is 11.5 Å². The van der Waals surface area contributed by atoms with Crippen molar-refractivity contribution in [1.82, 2.24) is 10.6 Å². The molecule has 2 aromatic rings. The maximum absolute atomic E-state index is 9.19. The van der Waals surface area contributed by atoms with E-state index in [0.717, 1.165) is 24.2 Å². The fourth-order valence-corrected chi connectivity index (χ4v) is 2.75. The van der Waals surface area contributed by atoms with Gasteiger partial charge >= 0.3 is 0 Å². The normalized spacial score (nSPS) is 12.0. The van der Waals surface area contributed by atoms with Gasteiger partial charge in [-0.25, -0.2) is 0 Å². The van der Waals surface area contributed by atoms with Gasteiger partial charge in [0, 0.05) is 26.2 Å². The Bertz CT molecular complexity index is 666. The van der Waals surface area contributed by atoms with Crippen molar-refractivity contribution in [2.45, 2.75) is 26.2 Å². The van der Waals surface area contributed by atoms with E-state index in [1.165, 1.54) is 0 Å². The summed E-state index contributed by atoms with van der Waals surface area (Å²) in [5.74, 6) is 1.18. The molecule has 5 nitrogen and oxygen atoms in total. The SMILES string of the molecule is COc1cc(CNCCNC[C@H](C)O)cc(Cl)c1OCc1ccccc1. The van der Waals surface area contributed by atoms with Crippen LogP contribution in [0, 0.1) is 0 Å². The highest BCUT2D eigenvalue weighted by Gasteiger charge is 2.12. The Kier molecular flexibility index (Phi) is 8.71. The molecule has 0 saturated heterocycles. The highest BCUT2D eigenvalue weighted by atomic mass is 35.5. The minimum absolute atomic E-state index is 0.332. The van der Waals surface area contributed by atoms with Gasteiger partial charge in [-0.05, 0) is 30.2 Å². The lowest BCUT2D eigenvalue weighted by atomic mass is 10.2. The molecule has 0 saturated carbocycles. The summed E-state index contributed by atoms with van der Waals surface area (Å²) < 4.78 is 11.3. The topological polar surface area (TPSA) is 62.8 Å². The van der Waals surface area contributed by atoms with Crippen molar-refractivity contribution in [3.05, 3.63) is 58.6 Å². The Balaban J connectivity index is 1.89. The monoisotopic (exact) mass is 378 g/mol. The first kappa shape index (κ1) is 20.5. The van der Waals surface area contributed by atoms with Crippen LogP contribution in [0.3, 0.4) is 0 Å². The van der Waals surface area contributed by atoms with Crippen LogP contribution >= 0.6 is 11.6 Å². The van der Waals surface area contributed by atoms with Crippen LogP contribution in [0.1, 0.15) is 18.1 Å². The summed E-state index contributed by atoms with van der Waals surface area (Å²) in [4.78, 5) is 0. The Labute approximate surface area is 160 Å². The van der Waals surface area contributed by atoms with Crippen LogP contribution in [0.5, 0.6) is 11.5 Å². The van der Waals surface area contributed by atoms with Crippen molar-refractivity contribution in [2.24, 2.45) is 0 Å². The summed E-state index contributed by atoms with van der Waals surface area (Å²) in [6, 6.07) is 13.8. The van der Waals surface area contributed by atoms with Gasteiger partial charge in [0.2, 0.25) is 0 Å². The molecule has 2 rings (SSSR count). The third-order valence-electron chi connectivity index (χ3n) is 3.76. The molecule has 0 fully saturated rings. The van der Waals surface area contributed by atoms with E-state index in [1.54, 1.807) is 14.0 Å². The standard InChI is InChI=1S/C20H27ClN2O3/c1-15(24)12-22-8-9-23-13-17-10-18(21)20(19(11-17)25-2)26-14-16-6-4-3-5-7-16/h3-7,10-11,15,22-24H,8-9,12-14H2,1-2H3/t15-/m0/s1. The number of rotatable bonds is 11. The number of aliphatic hydroxyl groups excluding tert-OH is 1. The van der Waals surface area contributed by atoms with E-state index < -0.39 is 0 Å². The third-order valence-corrected chi connectivity index (χ3v) is 4.04. The van der Waals surface area contributed by atoms with Crippen LogP contribution in [0.15, 0.2) is 42.5 Å².